The summed E-state index contributed by atoms with van der Waals surface area (Å²) in [6, 6.07) is 0. The average molecular weight is 298 g/mol. The Labute approximate surface area is 128 Å². The third-order valence-electron chi connectivity index (χ3n) is 3.99. The van der Waals surface area contributed by atoms with Crippen molar-refractivity contribution in [3.8, 4) is 0 Å². The molecule has 0 atom stereocenters. The SMILES string of the molecule is CCOCC(=O)NCCCCCCN1CCC(C=O)CC1. The minimum absolute atomic E-state index is 0.0186. The number of hydrogen-bond acceptors (Lipinski definition) is 4. The minimum atomic E-state index is -0.0186. The van der Waals surface area contributed by atoms with Crippen molar-refractivity contribution in [1.82, 2.24) is 10.2 Å². The number of hydrogen-bond donors (Lipinski definition) is 1. The lowest BCUT2D eigenvalue weighted by Gasteiger charge is -2.29. The summed E-state index contributed by atoms with van der Waals surface area (Å²) in [5.74, 6) is 0.274. The standard InChI is InChI=1S/C16H30N2O3/c1-2-21-14-16(20)17-9-5-3-4-6-10-18-11-7-15(13-19)8-12-18/h13,15H,2-12,14H2,1H3,(H,17,20). The monoisotopic (exact) mass is 298 g/mol. The number of rotatable bonds is 11. The maximum Gasteiger partial charge on any atom is 0.245 e. The topological polar surface area (TPSA) is 58.6 Å². The van der Waals surface area contributed by atoms with Crippen molar-refractivity contribution in [3.05, 3.63) is 0 Å². The van der Waals surface area contributed by atoms with Gasteiger partial charge in [0.25, 0.3) is 0 Å². The number of aldehydes is 1. The highest BCUT2D eigenvalue weighted by Crippen LogP contribution is 2.15. The number of amides is 1. The molecule has 0 radical (unpaired) electrons. The summed E-state index contributed by atoms with van der Waals surface area (Å²) in [6.45, 7) is 6.66. The molecule has 1 amide bonds. The van der Waals surface area contributed by atoms with E-state index in [1.165, 1.54) is 12.8 Å². The molecule has 5 nitrogen and oxygen atoms in total. The Morgan fingerprint density at radius 1 is 1.24 bits per heavy atom. The number of piperidine rings is 1. The van der Waals surface area contributed by atoms with Crippen LogP contribution in [0.4, 0.5) is 0 Å². The van der Waals surface area contributed by atoms with E-state index in [0.29, 0.717) is 12.5 Å². The molecule has 1 N–H and O–H groups in total. The highest BCUT2D eigenvalue weighted by molar-refractivity contribution is 5.77. The smallest absolute Gasteiger partial charge is 0.245 e. The first-order chi connectivity index (χ1) is 10.3. The summed E-state index contributed by atoms with van der Waals surface area (Å²) in [5, 5.41) is 2.86. The molecule has 0 aromatic carbocycles. The molecule has 1 fully saturated rings. The van der Waals surface area contributed by atoms with Crippen LogP contribution in [0.3, 0.4) is 0 Å². The van der Waals surface area contributed by atoms with Gasteiger partial charge < -0.3 is 19.7 Å². The first-order valence-corrected chi connectivity index (χ1v) is 8.28. The van der Waals surface area contributed by atoms with Gasteiger partial charge in [-0.05, 0) is 52.2 Å². The van der Waals surface area contributed by atoms with Gasteiger partial charge in [-0.3, -0.25) is 4.79 Å². The number of ether oxygens (including phenoxy) is 1. The lowest BCUT2D eigenvalue weighted by atomic mass is 9.98. The van der Waals surface area contributed by atoms with Crippen LogP contribution in [-0.4, -0.2) is 56.5 Å². The molecule has 0 aliphatic carbocycles. The highest BCUT2D eigenvalue weighted by atomic mass is 16.5. The van der Waals surface area contributed by atoms with Crippen molar-refractivity contribution >= 4 is 12.2 Å². The van der Waals surface area contributed by atoms with E-state index in [1.807, 2.05) is 6.92 Å². The quantitative estimate of drug-likeness (QED) is 0.465. The predicted octanol–water partition coefficient (Wildman–Crippen LogP) is 1.61. The van der Waals surface area contributed by atoms with Crippen LogP contribution < -0.4 is 5.32 Å². The van der Waals surface area contributed by atoms with Crippen LogP contribution in [0.1, 0.15) is 45.4 Å². The van der Waals surface area contributed by atoms with E-state index >= 15 is 0 Å². The van der Waals surface area contributed by atoms with Crippen LogP contribution >= 0.6 is 0 Å². The van der Waals surface area contributed by atoms with E-state index in [4.69, 9.17) is 4.74 Å². The van der Waals surface area contributed by atoms with Gasteiger partial charge in [-0.15, -0.1) is 0 Å². The Kier molecular flexibility index (Phi) is 10.1. The van der Waals surface area contributed by atoms with Gasteiger partial charge in [0.2, 0.25) is 5.91 Å². The molecule has 0 aromatic heterocycles. The molecule has 1 rings (SSSR count). The molecule has 0 unspecified atom stereocenters. The number of nitrogens with zero attached hydrogens (tertiary/aromatic N) is 1. The van der Waals surface area contributed by atoms with Gasteiger partial charge in [-0.2, -0.15) is 0 Å². The Morgan fingerprint density at radius 3 is 2.62 bits per heavy atom. The third-order valence-corrected chi connectivity index (χ3v) is 3.99. The molecule has 0 bridgehead atoms. The summed E-state index contributed by atoms with van der Waals surface area (Å²) in [5.41, 5.74) is 0. The van der Waals surface area contributed by atoms with Gasteiger partial charge in [0.15, 0.2) is 0 Å². The van der Waals surface area contributed by atoms with Crippen LogP contribution in [0.5, 0.6) is 0 Å². The number of likely N-dealkylation sites (tertiary alicyclic amines) is 1. The summed E-state index contributed by atoms with van der Waals surface area (Å²) in [4.78, 5) is 24.4. The van der Waals surface area contributed by atoms with Gasteiger partial charge >= 0.3 is 0 Å². The number of nitrogens with one attached hydrogen (secondary N) is 1. The highest BCUT2D eigenvalue weighted by Gasteiger charge is 2.17. The van der Waals surface area contributed by atoms with Crippen LogP contribution in [0, 0.1) is 5.92 Å². The predicted molar refractivity (Wildman–Crippen MR) is 83.2 cm³/mol. The molecule has 21 heavy (non-hydrogen) atoms. The van der Waals surface area contributed by atoms with E-state index in [0.717, 1.165) is 58.1 Å². The van der Waals surface area contributed by atoms with Crippen LogP contribution in [0.2, 0.25) is 0 Å². The summed E-state index contributed by atoms with van der Waals surface area (Å²) in [6.07, 6.45) is 7.75. The maximum atomic E-state index is 11.3. The number of carbonyl (C=O) groups is 2. The summed E-state index contributed by atoms with van der Waals surface area (Å²) < 4.78 is 5.03. The summed E-state index contributed by atoms with van der Waals surface area (Å²) in [7, 11) is 0. The van der Waals surface area contributed by atoms with Gasteiger partial charge in [-0.1, -0.05) is 12.8 Å². The number of carbonyl (C=O) groups excluding carboxylic acids is 2. The normalized spacial score (nSPS) is 16.8. The number of unbranched alkanes of at least 4 members (excludes halogenated alkanes) is 3. The zero-order valence-corrected chi connectivity index (χ0v) is 13.3. The van der Waals surface area contributed by atoms with Crippen molar-refractivity contribution in [2.24, 2.45) is 5.92 Å². The Balaban J connectivity index is 1.87. The maximum absolute atomic E-state index is 11.3. The fraction of sp³-hybridized carbons (Fsp3) is 0.875. The van der Waals surface area contributed by atoms with Gasteiger partial charge in [0, 0.05) is 19.1 Å². The van der Waals surface area contributed by atoms with Gasteiger partial charge in [0.05, 0.1) is 0 Å². The zero-order chi connectivity index (χ0) is 15.3. The molecule has 1 aliphatic heterocycles. The lowest BCUT2D eigenvalue weighted by Crippen LogP contribution is -2.34. The first kappa shape index (κ1) is 18.1. The summed E-state index contributed by atoms with van der Waals surface area (Å²) >= 11 is 0. The molecule has 1 aliphatic rings. The molecule has 5 heteroatoms. The largest absolute Gasteiger partial charge is 0.372 e. The van der Waals surface area contributed by atoms with E-state index < -0.39 is 0 Å². The Morgan fingerprint density at radius 2 is 1.95 bits per heavy atom. The molecule has 0 spiro atoms. The lowest BCUT2D eigenvalue weighted by molar-refractivity contribution is -0.125. The first-order valence-electron chi connectivity index (χ1n) is 8.28. The van der Waals surface area contributed by atoms with E-state index in [-0.39, 0.29) is 12.5 Å². The minimum Gasteiger partial charge on any atom is -0.372 e. The second-order valence-electron chi connectivity index (χ2n) is 5.72. The van der Waals surface area contributed by atoms with Gasteiger partial charge in [0.1, 0.15) is 12.9 Å². The van der Waals surface area contributed by atoms with Crippen LogP contribution in [0.15, 0.2) is 0 Å². The second-order valence-corrected chi connectivity index (χ2v) is 5.72. The molecule has 122 valence electrons. The van der Waals surface area contributed by atoms with Crippen molar-refractivity contribution in [1.29, 1.82) is 0 Å². The fourth-order valence-corrected chi connectivity index (χ4v) is 2.60. The van der Waals surface area contributed by atoms with Crippen molar-refractivity contribution in [2.75, 3.05) is 39.4 Å². The van der Waals surface area contributed by atoms with E-state index in [2.05, 4.69) is 10.2 Å². The Bertz CT molecular complexity index is 289. The van der Waals surface area contributed by atoms with Crippen LogP contribution in [-0.2, 0) is 14.3 Å². The van der Waals surface area contributed by atoms with E-state index in [1.54, 1.807) is 0 Å². The molecule has 0 aromatic rings. The second kappa shape index (κ2) is 11.7. The fourth-order valence-electron chi connectivity index (χ4n) is 2.60. The van der Waals surface area contributed by atoms with E-state index in [9.17, 15) is 9.59 Å². The van der Waals surface area contributed by atoms with Gasteiger partial charge in [-0.25, -0.2) is 0 Å². The Hall–Kier alpha value is -0.940. The van der Waals surface area contributed by atoms with Crippen molar-refractivity contribution in [3.63, 3.8) is 0 Å². The zero-order valence-electron chi connectivity index (χ0n) is 13.3. The molecule has 0 saturated carbocycles. The molecular weight excluding hydrogens is 268 g/mol. The molecule has 1 saturated heterocycles. The average Bonchev–Trinajstić information content (AvgIpc) is 2.52. The molecule has 1 heterocycles. The third kappa shape index (κ3) is 8.83. The van der Waals surface area contributed by atoms with Crippen molar-refractivity contribution in [2.45, 2.75) is 45.4 Å². The molecular formula is C16H30N2O3. The van der Waals surface area contributed by atoms with Crippen LogP contribution in [0.25, 0.3) is 0 Å². The van der Waals surface area contributed by atoms with Crippen molar-refractivity contribution < 1.29 is 14.3 Å².